The summed E-state index contributed by atoms with van der Waals surface area (Å²) in [5, 5.41) is 0. The van der Waals surface area contributed by atoms with Crippen LogP contribution in [0.3, 0.4) is 0 Å². The van der Waals surface area contributed by atoms with E-state index in [0.717, 1.165) is 5.56 Å². The Balaban J connectivity index is 2.21. The molecule has 0 aliphatic carbocycles. The molecule has 100 valence electrons. The number of halogens is 1. The van der Waals surface area contributed by atoms with E-state index in [0.29, 0.717) is 18.7 Å². The Morgan fingerprint density at radius 3 is 2.63 bits per heavy atom. The number of hydrogen-bond acceptors (Lipinski definition) is 2. The van der Waals surface area contributed by atoms with Crippen LogP contribution in [0.25, 0.3) is 0 Å². The van der Waals surface area contributed by atoms with E-state index in [1.807, 2.05) is 25.1 Å². The molecule has 0 saturated carbocycles. The van der Waals surface area contributed by atoms with E-state index >= 15 is 0 Å². The van der Waals surface area contributed by atoms with Crippen LogP contribution >= 0.6 is 0 Å². The second-order valence-electron chi connectivity index (χ2n) is 4.56. The first-order valence-corrected chi connectivity index (χ1v) is 6.38. The Morgan fingerprint density at radius 1 is 1.16 bits per heavy atom. The third kappa shape index (κ3) is 3.80. The topological polar surface area (TPSA) is 35.2 Å². The molecule has 0 aliphatic heterocycles. The van der Waals surface area contributed by atoms with Gasteiger partial charge in [0.1, 0.15) is 17.7 Å². The Morgan fingerprint density at radius 2 is 1.95 bits per heavy atom. The van der Waals surface area contributed by atoms with Gasteiger partial charge in [-0.15, -0.1) is 0 Å². The molecule has 0 aliphatic rings. The van der Waals surface area contributed by atoms with Crippen LogP contribution in [0.4, 0.5) is 4.39 Å². The maximum absolute atomic E-state index is 13.2. The molecule has 2 nitrogen and oxygen atoms in total. The lowest BCUT2D eigenvalue weighted by molar-refractivity contribution is 0.197. The van der Waals surface area contributed by atoms with Gasteiger partial charge in [0.25, 0.3) is 0 Å². The van der Waals surface area contributed by atoms with Crippen molar-refractivity contribution in [3.05, 3.63) is 65.5 Å². The predicted molar refractivity (Wildman–Crippen MR) is 74.6 cm³/mol. The molecule has 3 heteroatoms. The zero-order valence-corrected chi connectivity index (χ0v) is 11.0. The molecule has 1 atom stereocenters. The molecule has 0 heterocycles. The van der Waals surface area contributed by atoms with Crippen molar-refractivity contribution < 1.29 is 9.13 Å². The van der Waals surface area contributed by atoms with Gasteiger partial charge in [-0.2, -0.15) is 0 Å². The summed E-state index contributed by atoms with van der Waals surface area (Å²) < 4.78 is 19.0. The van der Waals surface area contributed by atoms with Gasteiger partial charge in [0.05, 0.1) is 0 Å². The molecule has 0 saturated heterocycles. The quantitative estimate of drug-likeness (QED) is 0.890. The average molecular weight is 259 g/mol. The first kappa shape index (κ1) is 13.6. The van der Waals surface area contributed by atoms with Crippen molar-refractivity contribution in [2.24, 2.45) is 5.73 Å². The number of rotatable bonds is 5. The number of nitrogens with two attached hydrogens (primary N) is 1. The minimum atomic E-state index is -0.298. The summed E-state index contributed by atoms with van der Waals surface area (Å²) in [6.07, 6.45) is 0.548. The van der Waals surface area contributed by atoms with Crippen molar-refractivity contribution in [3.63, 3.8) is 0 Å². The van der Waals surface area contributed by atoms with Crippen molar-refractivity contribution >= 4 is 0 Å². The summed E-state index contributed by atoms with van der Waals surface area (Å²) in [6.45, 7) is 2.55. The van der Waals surface area contributed by atoms with Gasteiger partial charge >= 0.3 is 0 Å². The minimum Gasteiger partial charge on any atom is -0.486 e. The van der Waals surface area contributed by atoms with Crippen molar-refractivity contribution in [2.75, 3.05) is 6.54 Å². The number of hydrogen-bond donors (Lipinski definition) is 1. The molecule has 0 radical (unpaired) electrons. The lowest BCUT2D eigenvalue weighted by Crippen LogP contribution is -2.13. The fourth-order valence-corrected chi connectivity index (χ4v) is 2.02. The van der Waals surface area contributed by atoms with Crippen LogP contribution in [-0.2, 0) is 0 Å². The van der Waals surface area contributed by atoms with E-state index in [9.17, 15) is 4.39 Å². The molecule has 0 bridgehead atoms. The van der Waals surface area contributed by atoms with Gasteiger partial charge in [0, 0.05) is 12.5 Å². The zero-order chi connectivity index (χ0) is 13.7. The second kappa shape index (κ2) is 6.34. The Kier molecular flexibility index (Phi) is 4.53. The third-order valence-corrected chi connectivity index (χ3v) is 2.92. The normalized spacial score (nSPS) is 12.2. The van der Waals surface area contributed by atoms with E-state index in [1.165, 1.54) is 17.7 Å². The third-order valence-electron chi connectivity index (χ3n) is 2.92. The fourth-order valence-electron chi connectivity index (χ4n) is 2.02. The van der Waals surface area contributed by atoms with Gasteiger partial charge in [-0.25, -0.2) is 4.39 Å². The highest BCUT2D eigenvalue weighted by Gasteiger charge is 2.13. The summed E-state index contributed by atoms with van der Waals surface area (Å²) in [6, 6.07) is 14.3. The summed E-state index contributed by atoms with van der Waals surface area (Å²) >= 11 is 0. The van der Waals surface area contributed by atoms with E-state index in [4.69, 9.17) is 10.5 Å². The van der Waals surface area contributed by atoms with Gasteiger partial charge in [-0.1, -0.05) is 35.9 Å². The molecule has 2 N–H and O–H groups in total. The van der Waals surface area contributed by atoms with Crippen LogP contribution in [0.2, 0.25) is 0 Å². The molecule has 19 heavy (non-hydrogen) atoms. The SMILES string of the molecule is Cc1cccc(C(CCN)Oc2cccc(F)c2)c1. The minimum absolute atomic E-state index is 0.147. The van der Waals surface area contributed by atoms with Crippen LogP contribution in [0, 0.1) is 12.7 Å². The summed E-state index contributed by atoms with van der Waals surface area (Å²) in [5.41, 5.74) is 7.87. The first-order chi connectivity index (χ1) is 9.19. The highest BCUT2D eigenvalue weighted by atomic mass is 19.1. The van der Waals surface area contributed by atoms with Crippen molar-refractivity contribution in [2.45, 2.75) is 19.4 Å². The number of aryl methyl sites for hydroxylation is 1. The van der Waals surface area contributed by atoms with Crippen LogP contribution in [0.15, 0.2) is 48.5 Å². The van der Waals surface area contributed by atoms with Gasteiger partial charge in [0.15, 0.2) is 0 Å². The van der Waals surface area contributed by atoms with Gasteiger partial charge < -0.3 is 10.5 Å². The molecule has 0 fully saturated rings. The summed E-state index contributed by atoms with van der Waals surface area (Å²) in [4.78, 5) is 0. The maximum atomic E-state index is 13.2. The van der Waals surface area contributed by atoms with Crippen LogP contribution in [0.5, 0.6) is 5.75 Å². The molecular formula is C16H18FNO. The second-order valence-corrected chi connectivity index (χ2v) is 4.56. The fraction of sp³-hybridized carbons (Fsp3) is 0.250. The molecule has 2 aromatic carbocycles. The number of ether oxygens (including phenoxy) is 1. The maximum Gasteiger partial charge on any atom is 0.126 e. The van der Waals surface area contributed by atoms with Crippen molar-refractivity contribution in [3.8, 4) is 5.75 Å². The van der Waals surface area contributed by atoms with Crippen LogP contribution in [-0.4, -0.2) is 6.54 Å². The van der Waals surface area contributed by atoms with Crippen LogP contribution in [0.1, 0.15) is 23.7 Å². The highest BCUT2D eigenvalue weighted by molar-refractivity contribution is 5.27. The van der Waals surface area contributed by atoms with Gasteiger partial charge in [-0.3, -0.25) is 0 Å². The number of benzene rings is 2. The van der Waals surface area contributed by atoms with E-state index in [1.54, 1.807) is 12.1 Å². The van der Waals surface area contributed by atoms with E-state index in [-0.39, 0.29) is 11.9 Å². The summed E-state index contributed by atoms with van der Waals surface area (Å²) in [7, 11) is 0. The first-order valence-electron chi connectivity index (χ1n) is 6.38. The Labute approximate surface area is 113 Å². The van der Waals surface area contributed by atoms with E-state index in [2.05, 4.69) is 6.07 Å². The van der Waals surface area contributed by atoms with Crippen molar-refractivity contribution in [1.29, 1.82) is 0 Å². The standard InChI is InChI=1S/C16H18FNO/c1-12-4-2-5-13(10-12)16(8-9-18)19-15-7-3-6-14(17)11-15/h2-7,10-11,16H,8-9,18H2,1H3. The van der Waals surface area contributed by atoms with Gasteiger partial charge in [0.2, 0.25) is 0 Å². The highest BCUT2D eigenvalue weighted by Crippen LogP contribution is 2.25. The molecule has 0 aromatic heterocycles. The molecule has 2 aromatic rings. The predicted octanol–water partition coefficient (Wildman–Crippen LogP) is 3.60. The lowest BCUT2D eigenvalue weighted by atomic mass is 10.0. The lowest BCUT2D eigenvalue weighted by Gasteiger charge is -2.19. The molecule has 2 rings (SSSR count). The molecule has 1 unspecified atom stereocenters. The van der Waals surface area contributed by atoms with E-state index < -0.39 is 0 Å². The molecule has 0 amide bonds. The Hall–Kier alpha value is -1.87. The van der Waals surface area contributed by atoms with Crippen LogP contribution < -0.4 is 10.5 Å². The molecule has 0 spiro atoms. The van der Waals surface area contributed by atoms with Crippen molar-refractivity contribution in [1.82, 2.24) is 0 Å². The average Bonchev–Trinajstić information content (AvgIpc) is 2.38. The van der Waals surface area contributed by atoms with Gasteiger partial charge in [-0.05, 0) is 31.2 Å². The Bertz CT molecular complexity index is 542. The zero-order valence-electron chi connectivity index (χ0n) is 11.0. The summed E-state index contributed by atoms with van der Waals surface area (Å²) in [5.74, 6) is 0.230. The monoisotopic (exact) mass is 259 g/mol. The smallest absolute Gasteiger partial charge is 0.126 e. The molecular weight excluding hydrogens is 241 g/mol. The largest absolute Gasteiger partial charge is 0.486 e.